The fraction of sp³-hybridized carbons (Fsp3) is 0.875. The van der Waals surface area contributed by atoms with Crippen LogP contribution in [-0.2, 0) is 0 Å². The molecule has 2 N–H and O–H groups in total. The average molecular weight is 213 g/mol. The Morgan fingerprint density at radius 3 is 3.07 bits per heavy atom. The second kappa shape index (κ2) is 4.27. The van der Waals surface area contributed by atoms with Gasteiger partial charge in [0, 0.05) is 11.8 Å². The molecule has 1 saturated carbocycles. The van der Waals surface area contributed by atoms with E-state index in [1.165, 1.54) is 12.8 Å². The molecule has 0 aliphatic heterocycles. The molecule has 0 amide bonds. The van der Waals surface area contributed by atoms with Gasteiger partial charge < -0.3 is 5.73 Å². The molecule has 1 unspecified atom stereocenters. The summed E-state index contributed by atoms with van der Waals surface area (Å²) in [5.74, 6) is 0.892. The molecule has 1 aliphatic carbocycles. The van der Waals surface area contributed by atoms with E-state index in [4.69, 9.17) is 5.73 Å². The molecule has 1 aromatic rings. The molecule has 0 aromatic carbocycles. The van der Waals surface area contributed by atoms with Gasteiger partial charge in [-0.05, 0) is 29.7 Å². The molecule has 0 saturated heterocycles. The van der Waals surface area contributed by atoms with E-state index in [1.54, 1.807) is 11.8 Å². The van der Waals surface area contributed by atoms with E-state index in [2.05, 4.69) is 22.4 Å². The molecule has 0 spiro atoms. The Balaban J connectivity index is 1.91. The minimum Gasteiger partial charge on any atom is -0.327 e. The third-order valence-corrected chi connectivity index (χ3v) is 3.43. The standard InChI is InChI=1S/C8H15N5S/c1-2-6(9)5-14-8-10-11-12-13(8)7-3-4-7/h6-7H,2-5,9H2,1H3. The Kier molecular flexibility index (Phi) is 3.02. The summed E-state index contributed by atoms with van der Waals surface area (Å²) in [6.45, 7) is 2.09. The molecule has 1 aromatic heterocycles. The SMILES string of the molecule is CCC(N)CSc1nnnn1C1CC1. The molecule has 0 bridgehead atoms. The van der Waals surface area contributed by atoms with Crippen LogP contribution in [0.1, 0.15) is 32.2 Å². The first-order valence-electron chi connectivity index (χ1n) is 4.97. The first-order chi connectivity index (χ1) is 6.81. The Hall–Kier alpha value is -0.620. The predicted octanol–water partition coefficient (Wildman–Crippen LogP) is 0.837. The van der Waals surface area contributed by atoms with Crippen molar-refractivity contribution in [1.82, 2.24) is 20.2 Å². The highest BCUT2D eigenvalue weighted by Crippen LogP contribution is 2.36. The summed E-state index contributed by atoms with van der Waals surface area (Å²) in [5, 5.41) is 12.6. The summed E-state index contributed by atoms with van der Waals surface area (Å²) >= 11 is 1.66. The van der Waals surface area contributed by atoms with E-state index in [0.29, 0.717) is 6.04 Å². The van der Waals surface area contributed by atoms with Gasteiger partial charge in [0.25, 0.3) is 0 Å². The number of nitrogens with two attached hydrogens (primary N) is 1. The first kappa shape index (κ1) is 9.92. The Labute approximate surface area is 87.4 Å². The van der Waals surface area contributed by atoms with Crippen molar-refractivity contribution in [2.75, 3.05) is 5.75 Å². The summed E-state index contributed by atoms with van der Waals surface area (Å²) in [6.07, 6.45) is 3.41. The van der Waals surface area contributed by atoms with Crippen molar-refractivity contribution in [2.24, 2.45) is 5.73 Å². The molecule has 1 aliphatic rings. The molecule has 6 heteroatoms. The Bertz CT molecular complexity index is 296. The maximum absolute atomic E-state index is 5.83. The van der Waals surface area contributed by atoms with Crippen LogP contribution < -0.4 is 5.73 Å². The van der Waals surface area contributed by atoms with E-state index in [1.807, 2.05) is 4.68 Å². The first-order valence-corrected chi connectivity index (χ1v) is 5.96. The molecule has 5 nitrogen and oxygen atoms in total. The minimum atomic E-state index is 0.240. The van der Waals surface area contributed by atoms with Crippen LogP contribution in [0.4, 0.5) is 0 Å². The van der Waals surface area contributed by atoms with Gasteiger partial charge in [-0.2, -0.15) is 0 Å². The quantitative estimate of drug-likeness (QED) is 0.734. The van der Waals surface area contributed by atoms with E-state index in [-0.39, 0.29) is 6.04 Å². The molecule has 14 heavy (non-hydrogen) atoms. The highest BCUT2D eigenvalue weighted by atomic mass is 32.2. The van der Waals surface area contributed by atoms with E-state index in [9.17, 15) is 0 Å². The lowest BCUT2D eigenvalue weighted by Gasteiger charge is -2.07. The van der Waals surface area contributed by atoms with Crippen LogP contribution in [0, 0.1) is 0 Å². The van der Waals surface area contributed by atoms with Crippen molar-refractivity contribution in [3.63, 3.8) is 0 Å². The zero-order valence-electron chi connectivity index (χ0n) is 8.26. The molecule has 2 rings (SSSR count). The Morgan fingerprint density at radius 2 is 2.43 bits per heavy atom. The average Bonchev–Trinajstić information content (AvgIpc) is 2.94. The highest BCUT2D eigenvalue weighted by Gasteiger charge is 2.27. The van der Waals surface area contributed by atoms with Gasteiger partial charge in [-0.1, -0.05) is 18.7 Å². The van der Waals surface area contributed by atoms with Crippen molar-refractivity contribution in [3.8, 4) is 0 Å². The zero-order chi connectivity index (χ0) is 9.97. The van der Waals surface area contributed by atoms with Crippen LogP contribution >= 0.6 is 11.8 Å². The number of hydrogen-bond donors (Lipinski definition) is 1. The largest absolute Gasteiger partial charge is 0.327 e. The number of hydrogen-bond acceptors (Lipinski definition) is 5. The smallest absolute Gasteiger partial charge is 0.209 e. The zero-order valence-corrected chi connectivity index (χ0v) is 9.07. The second-order valence-electron chi connectivity index (χ2n) is 3.62. The summed E-state index contributed by atoms with van der Waals surface area (Å²) in [7, 11) is 0. The summed E-state index contributed by atoms with van der Waals surface area (Å²) in [6, 6.07) is 0.787. The Morgan fingerprint density at radius 1 is 1.64 bits per heavy atom. The van der Waals surface area contributed by atoms with Crippen LogP contribution in [0.25, 0.3) is 0 Å². The summed E-state index contributed by atoms with van der Waals surface area (Å²) in [4.78, 5) is 0. The maximum Gasteiger partial charge on any atom is 0.209 e. The number of rotatable bonds is 5. The van der Waals surface area contributed by atoms with Crippen molar-refractivity contribution < 1.29 is 0 Å². The van der Waals surface area contributed by atoms with Crippen molar-refractivity contribution in [1.29, 1.82) is 0 Å². The van der Waals surface area contributed by atoms with E-state index >= 15 is 0 Å². The van der Waals surface area contributed by atoms with Gasteiger partial charge in [0.2, 0.25) is 5.16 Å². The summed E-state index contributed by atoms with van der Waals surface area (Å²) in [5.41, 5.74) is 5.83. The minimum absolute atomic E-state index is 0.240. The van der Waals surface area contributed by atoms with Gasteiger partial charge >= 0.3 is 0 Å². The normalized spacial score (nSPS) is 18.4. The van der Waals surface area contributed by atoms with Crippen LogP contribution in [0.15, 0.2) is 5.16 Å². The van der Waals surface area contributed by atoms with Crippen LogP contribution in [0.2, 0.25) is 0 Å². The van der Waals surface area contributed by atoms with Gasteiger partial charge in [-0.3, -0.25) is 0 Å². The molecule has 0 radical (unpaired) electrons. The number of aromatic nitrogens is 4. The molecular weight excluding hydrogens is 198 g/mol. The molecule has 1 fully saturated rings. The monoisotopic (exact) mass is 213 g/mol. The van der Waals surface area contributed by atoms with E-state index in [0.717, 1.165) is 17.3 Å². The van der Waals surface area contributed by atoms with Gasteiger partial charge in [0.1, 0.15) is 0 Å². The summed E-state index contributed by atoms with van der Waals surface area (Å²) < 4.78 is 1.92. The van der Waals surface area contributed by atoms with Crippen molar-refractivity contribution >= 4 is 11.8 Å². The van der Waals surface area contributed by atoms with Crippen LogP contribution in [0.5, 0.6) is 0 Å². The molecule has 1 atom stereocenters. The molecular formula is C8H15N5S. The van der Waals surface area contributed by atoms with Gasteiger partial charge in [-0.15, -0.1) is 5.10 Å². The fourth-order valence-electron chi connectivity index (χ4n) is 1.13. The lowest BCUT2D eigenvalue weighted by Crippen LogP contribution is -2.21. The van der Waals surface area contributed by atoms with Crippen LogP contribution in [-0.4, -0.2) is 32.0 Å². The number of tetrazole rings is 1. The number of thioether (sulfide) groups is 1. The van der Waals surface area contributed by atoms with E-state index < -0.39 is 0 Å². The third-order valence-electron chi connectivity index (χ3n) is 2.31. The predicted molar refractivity (Wildman–Crippen MR) is 55.1 cm³/mol. The lowest BCUT2D eigenvalue weighted by molar-refractivity contribution is 0.565. The number of nitrogens with zero attached hydrogens (tertiary/aromatic N) is 4. The maximum atomic E-state index is 5.83. The molecule has 1 heterocycles. The van der Waals surface area contributed by atoms with Gasteiger partial charge in [-0.25, -0.2) is 4.68 Å². The van der Waals surface area contributed by atoms with Gasteiger partial charge in [0.15, 0.2) is 0 Å². The van der Waals surface area contributed by atoms with Crippen molar-refractivity contribution in [2.45, 2.75) is 43.4 Å². The third kappa shape index (κ3) is 2.24. The van der Waals surface area contributed by atoms with Gasteiger partial charge in [0.05, 0.1) is 6.04 Å². The fourth-order valence-corrected chi connectivity index (χ4v) is 2.14. The van der Waals surface area contributed by atoms with Crippen molar-refractivity contribution in [3.05, 3.63) is 0 Å². The highest BCUT2D eigenvalue weighted by molar-refractivity contribution is 7.99. The second-order valence-corrected chi connectivity index (χ2v) is 4.60. The lowest BCUT2D eigenvalue weighted by atomic mass is 10.3. The van der Waals surface area contributed by atoms with Crippen LogP contribution in [0.3, 0.4) is 0 Å². The molecule has 78 valence electrons. The topological polar surface area (TPSA) is 69.6 Å².